The minimum atomic E-state index is -0.329. The third kappa shape index (κ3) is 3.98. The highest BCUT2D eigenvalue weighted by atomic mass is 19.1. The van der Waals surface area contributed by atoms with Gasteiger partial charge in [-0.25, -0.2) is 4.39 Å². The SMILES string of the molecule is O=C(NCCc1ccc(F)cc1)c1cccc(CN2C(=O)c3ccccc3C2=O)c1. The number of carbonyl (C=O) groups excluding carboxylic acids is 3. The fraction of sp³-hybridized carbons (Fsp3) is 0.125. The zero-order valence-electron chi connectivity index (χ0n) is 16.1. The lowest BCUT2D eigenvalue weighted by Gasteiger charge is -2.14. The van der Waals surface area contributed by atoms with Crippen LogP contribution in [0.1, 0.15) is 42.2 Å². The highest BCUT2D eigenvalue weighted by Gasteiger charge is 2.34. The third-order valence-corrected chi connectivity index (χ3v) is 5.02. The lowest BCUT2D eigenvalue weighted by Crippen LogP contribution is -2.29. The fourth-order valence-electron chi connectivity index (χ4n) is 3.45. The third-order valence-electron chi connectivity index (χ3n) is 5.02. The molecule has 1 aliphatic rings. The second kappa shape index (κ2) is 8.29. The number of hydrogen-bond acceptors (Lipinski definition) is 3. The van der Waals surface area contributed by atoms with E-state index in [1.807, 2.05) is 0 Å². The van der Waals surface area contributed by atoms with Gasteiger partial charge >= 0.3 is 0 Å². The smallest absolute Gasteiger partial charge is 0.261 e. The van der Waals surface area contributed by atoms with Crippen molar-refractivity contribution in [2.75, 3.05) is 6.54 Å². The summed E-state index contributed by atoms with van der Waals surface area (Å²) >= 11 is 0. The molecule has 0 unspecified atom stereocenters. The minimum absolute atomic E-state index is 0.100. The summed E-state index contributed by atoms with van der Waals surface area (Å²) in [6, 6.07) is 19.7. The van der Waals surface area contributed by atoms with Gasteiger partial charge in [0.25, 0.3) is 17.7 Å². The Morgan fingerprint density at radius 3 is 2.17 bits per heavy atom. The highest BCUT2D eigenvalue weighted by Crippen LogP contribution is 2.24. The van der Waals surface area contributed by atoms with Gasteiger partial charge in [-0.05, 0) is 53.9 Å². The number of halogens is 1. The van der Waals surface area contributed by atoms with Gasteiger partial charge in [-0.1, -0.05) is 36.4 Å². The Labute approximate surface area is 173 Å². The number of hydrogen-bond donors (Lipinski definition) is 1. The maximum atomic E-state index is 13.0. The zero-order valence-corrected chi connectivity index (χ0v) is 16.1. The van der Waals surface area contributed by atoms with Crippen LogP contribution in [-0.4, -0.2) is 29.2 Å². The monoisotopic (exact) mass is 402 g/mol. The molecule has 0 aromatic heterocycles. The predicted octanol–water partition coefficient (Wildman–Crippen LogP) is 3.59. The van der Waals surface area contributed by atoms with Crippen LogP contribution in [0.2, 0.25) is 0 Å². The number of rotatable bonds is 6. The molecule has 0 spiro atoms. The first kappa shape index (κ1) is 19.5. The number of carbonyl (C=O) groups is 3. The molecule has 0 aliphatic carbocycles. The normalized spacial score (nSPS) is 12.8. The van der Waals surface area contributed by atoms with E-state index in [-0.39, 0.29) is 30.1 Å². The molecule has 0 atom stereocenters. The lowest BCUT2D eigenvalue weighted by atomic mass is 10.1. The highest BCUT2D eigenvalue weighted by molar-refractivity contribution is 6.21. The van der Waals surface area contributed by atoms with E-state index in [0.717, 1.165) is 5.56 Å². The Bertz CT molecular complexity index is 1090. The molecule has 30 heavy (non-hydrogen) atoms. The summed E-state index contributed by atoms with van der Waals surface area (Å²) in [5.74, 6) is -1.20. The largest absolute Gasteiger partial charge is 0.352 e. The van der Waals surface area contributed by atoms with Gasteiger partial charge in [-0.3, -0.25) is 19.3 Å². The van der Waals surface area contributed by atoms with Crippen molar-refractivity contribution in [3.8, 4) is 0 Å². The van der Waals surface area contributed by atoms with Gasteiger partial charge < -0.3 is 5.32 Å². The van der Waals surface area contributed by atoms with Gasteiger partial charge in [-0.15, -0.1) is 0 Å². The van der Waals surface area contributed by atoms with Crippen LogP contribution < -0.4 is 5.32 Å². The second-order valence-electron chi connectivity index (χ2n) is 7.07. The summed E-state index contributed by atoms with van der Waals surface area (Å²) in [4.78, 5) is 38.7. The number of benzene rings is 3. The standard InChI is InChI=1S/C24H19FN2O3/c25-19-10-8-16(9-11-19)12-13-26-22(28)18-5-3-4-17(14-18)15-27-23(29)20-6-1-2-7-21(20)24(27)30/h1-11,14H,12-13,15H2,(H,26,28). The molecule has 0 saturated carbocycles. The van der Waals surface area contributed by atoms with Gasteiger partial charge in [-0.2, -0.15) is 0 Å². The Kier molecular flexibility index (Phi) is 5.39. The summed E-state index contributed by atoms with van der Waals surface area (Å²) in [6.07, 6.45) is 0.584. The summed E-state index contributed by atoms with van der Waals surface area (Å²) in [5.41, 5.74) is 2.87. The summed E-state index contributed by atoms with van der Waals surface area (Å²) in [6.45, 7) is 0.510. The van der Waals surface area contributed by atoms with Gasteiger partial charge in [0.15, 0.2) is 0 Å². The first-order valence-corrected chi connectivity index (χ1v) is 9.60. The zero-order chi connectivity index (χ0) is 21.1. The Morgan fingerprint density at radius 1 is 0.833 bits per heavy atom. The van der Waals surface area contributed by atoms with Crippen LogP contribution in [0.5, 0.6) is 0 Å². The molecule has 1 heterocycles. The molecule has 0 radical (unpaired) electrons. The summed E-state index contributed by atoms with van der Waals surface area (Å²) < 4.78 is 13.0. The van der Waals surface area contributed by atoms with Crippen molar-refractivity contribution >= 4 is 17.7 Å². The maximum Gasteiger partial charge on any atom is 0.261 e. The molecular weight excluding hydrogens is 383 g/mol. The van der Waals surface area contributed by atoms with E-state index >= 15 is 0 Å². The molecule has 3 aromatic rings. The maximum absolute atomic E-state index is 13.0. The molecule has 1 aliphatic heterocycles. The average molecular weight is 402 g/mol. The first-order valence-electron chi connectivity index (χ1n) is 9.60. The summed E-state index contributed by atoms with van der Waals surface area (Å²) in [5, 5.41) is 2.83. The van der Waals surface area contributed by atoms with Crippen molar-refractivity contribution in [3.05, 3.63) is 106 Å². The fourth-order valence-corrected chi connectivity index (χ4v) is 3.45. The van der Waals surface area contributed by atoms with E-state index in [9.17, 15) is 18.8 Å². The Balaban J connectivity index is 1.39. The van der Waals surface area contributed by atoms with Crippen LogP contribution in [-0.2, 0) is 13.0 Å². The van der Waals surface area contributed by atoms with Crippen LogP contribution in [0.3, 0.4) is 0 Å². The molecule has 0 saturated heterocycles. The van der Waals surface area contributed by atoms with Crippen molar-refractivity contribution in [1.82, 2.24) is 10.2 Å². The topological polar surface area (TPSA) is 66.5 Å². The molecule has 4 rings (SSSR count). The lowest BCUT2D eigenvalue weighted by molar-refractivity contribution is 0.0642. The Hall–Kier alpha value is -3.80. The average Bonchev–Trinajstić information content (AvgIpc) is 3.00. The predicted molar refractivity (Wildman–Crippen MR) is 110 cm³/mol. The van der Waals surface area contributed by atoms with E-state index in [1.54, 1.807) is 60.7 Å². The van der Waals surface area contributed by atoms with Gasteiger partial charge in [0, 0.05) is 12.1 Å². The van der Waals surface area contributed by atoms with Crippen LogP contribution in [0.15, 0.2) is 72.8 Å². The molecular formula is C24H19FN2O3. The molecule has 0 fully saturated rings. The van der Waals surface area contributed by atoms with E-state index < -0.39 is 0 Å². The van der Waals surface area contributed by atoms with Crippen molar-refractivity contribution in [3.63, 3.8) is 0 Å². The van der Waals surface area contributed by atoms with Gasteiger partial charge in [0.1, 0.15) is 5.82 Å². The number of fused-ring (bicyclic) bond motifs is 1. The molecule has 1 N–H and O–H groups in total. The number of amides is 3. The van der Waals surface area contributed by atoms with Crippen LogP contribution >= 0.6 is 0 Å². The molecule has 3 aromatic carbocycles. The van der Waals surface area contributed by atoms with Gasteiger partial charge in [0.05, 0.1) is 17.7 Å². The molecule has 0 bridgehead atoms. The number of nitrogens with zero attached hydrogens (tertiary/aromatic N) is 1. The molecule has 6 heteroatoms. The van der Waals surface area contributed by atoms with E-state index in [0.29, 0.717) is 35.2 Å². The van der Waals surface area contributed by atoms with E-state index in [2.05, 4.69) is 5.32 Å². The molecule has 5 nitrogen and oxygen atoms in total. The second-order valence-corrected chi connectivity index (χ2v) is 7.07. The van der Waals surface area contributed by atoms with Crippen molar-refractivity contribution in [2.45, 2.75) is 13.0 Å². The number of imide groups is 1. The number of nitrogens with one attached hydrogen (secondary N) is 1. The molecule has 150 valence electrons. The van der Waals surface area contributed by atoms with Crippen LogP contribution in [0.25, 0.3) is 0 Å². The van der Waals surface area contributed by atoms with Gasteiger partial charge in [0.2, 0.25) is 0 Å². The quantitative estimate of drug-likeness (QED) is 0.641. The van der Waals surface area contributed by atoms with E-state index in [4.69, 9.17) is 0 Å². The van der Waals surface area contributed by atoms with Crippen LogP contribution in [0.4, 0.5) is 4.39 Å². The van der Waals surface area contributed by atoms with Crippen molar-refractivity contribution < 1.29 is 18.8 Å². The van der Waals surface area contributed by atoms with E-state index in [1.165, 1.54) is 17.0 Å². The first-order chi connectivity index (χ1) is 14.5. The summed E-state index contributed by atoms with van der Waals surface area (Å²) in [7, 11) is 0. The van der Waals surface area contributed by atoms with Crippen molar-refractivity contribution in [1.29, 1.82) is 0 Å². The molecule has 3 amide bonds. The van der Waals surface area contributed by atoms with Crippen LogP contribution in [0, 0.1) is 5.82 Å². The Morgan fingerprint density at radius 2 is 1.50 bits per heavy atom. The minimum Gasteiger partial charge on any atom is -0.352 e. The van der Waals surface area contributed by atoms with Crippen molar-refractivity contribution in [2.24, 2.45) is 0 Å².